The first-order valence-corrected chi connectivity index (χ1v) is 32.4. The van der Waals surface area contributed by atoms with Crippen molar-refractivity contribution in [1.82, 2.24) is 20.9 Å². The lowest BCUT2D eigenvalue weighted by Gasteiger charge is -2.30. The van der Waals surface area contributed by atoms with Gasteiger partial charge in [0, 0.05) is 39.1 Å². The summed E-state index contributed by atoms with van der Waals surface area (Å²) in [5, 5.41) is 8.29. The summed E-state index contributed by atoms with van der Waals surface area (Å²) < 4.78 is 41.8. The number of esters is 5. The van der Waals surface area contributed by atoms with Crippen LogP contribution in [0.15, 0.2) is 91.0 Å². The third-order valence-electron chi connectivity index (χ3n) is 10.9. The summed E-state index contributed by atoms with van der Waals surface area (Å²) in [6, 6.07) is 26.4. The van der Waals surface area contributed by atoms with E-state index in [4.69, 9.17) is 49.4 Å². The number of nitrogens with one attached hydrogen (secondary N) is 3. The first-order valence-electron chi connectivity index (χ1n) is 31.3. The van der Waals surface area contributed by atoms with Gasteiger partial charge in [0.05, 0.1) is 12.5 Å². The van der Waals surface area contributed by atoms with Gasteiger partial charge in [0.15, 0.2) is 0 Å². The highest BCUT2D eigenvalue weighted by molar-refractivity contribution is 9.09. The van der Waals surface area contributed by atoms with Gasteiger partial charge in [-0.1, -0.05) is 161 Å². The van der Waals surface area contributed by atoms with Crippen LogP contribution < -0.4 is 27.4 Å². The summed E-state index contributed by atoms with van der Waals surface area (Å²) in [5.74, 6) is -1.18. The third-order valence-corrected chi connectivity index (χ3v) is 11.4. The summed E-state index contributed by atoms with van der Waals surface area (Å²) in [5.41, 5.74) is 10.7. The quantitative estimate of drug-likeness (QED) is 0.0216. The number of nitrogens with two attached hydrogens (primary N) is 2. The molecule has 530 valence electrons. The van der Waals surface area contributed by atoms with Crippen molar-refractivity contribution < 1.29 is 76.3 Å². The fraction of sp³-hybridized carbons (Fsp3) is 0.629. The molecular weight excluding hydrogens is 1260 g/mol. The Hall–Kier alpha value is -6.82. The zero-order valence-corrected chi connectivity index (χ0v) is 60.2. The molecule has 3 amide bonds. The predicted molar refractivity (Wildman–Crippen MR) is 369 cm³/mol. The minimum Gasteiger partial charge on any atom is -0.461 e. The summed E-state index contributed by atoms with van der Waals surface area (Å²) >= 11 is 2.99. The molecule has 3 atom stereocenters. The number of halogens is 1. The zero-order chi connectivity index (χ0) is 70.7. The molecule has 7 N–H and O–H groups in total. The Morgan fingerprint density at radius 3 is 1.33 bits per heavy atom. The number of unbranched alkanes of at least 4 members (excludes halogenated alkanes) is 2. The molecular formula is C70H117BrN6O16. The number of rotatable bonds is 26. The molecule has 0 fully saturated rings. The van der Waals surface area contributed by atoms with E-state index in [9.17, 15) is 38.4 Å². The van der Waals surface area contributed by atoms with E-state index in [0.717, 1.165) is 29.5 Å². The Morgan fingerprint density at radius 2 is 0.946 bits per heavy atom. The van der Waals surface area contributed by atoms with Gasteiger partial charge in [-0.25, -0.2) is 19.2 Å². The van der Waals surface area contributed by atoms with Crippen molar-refractivity contribution in [2.75, 3.05) is 44.6 Å². The van der Waals surface area contributed by atoms with E-state index in [0.29, 0.717) is 38.6 Å². The Balaban J connectivity index is -0.00000122. The topological polar surface area (TPSA) is 302 Å². The smallest absolute Gasteiger partial charge is 0.410 e. The molecule has 93 heavy (non-hydrogen) atoms. The maximum atomic E-state index is 13.0. The molecule has 0 aliphatic rings. The molecule has 0 bridgehead atoms. The van der Waals surface area contributed by atoms with Gasteiger partial charge in [-0.2, -0.15) is 0 Å². The van der Waals surface area contributed by atoms with E-state index in [1.165, 1.54) is 17.7 Å². The van der Waals surface area contributed by atoms with Crippen LogP contribution >= 0.6 is 15.9 Å². The van der Waals surface area contributed by atoms with Crippen molar-refractivity contribution in [2.45, 2.75) is 231 Å². The van der Waals surface area contributed by atoms with Gasteiger partial charge in [0.2, 0.25) is 0 Å². The molecule has 3 aromatic rings. The van der Waals surface area contributed by atoms with Crippen LogP contribution in [0.25, 0.3) is 0 Å². The van der Waals surface area contributed by atoms with Crippen LogP contribution in [0.4, 0.5) is 14.4 Å². The van der Waals surface area contributed by atoms with E-state index in [2.05, 4.69) is 38.8 Å². The predicted octanol–water partition coefficient (Wildman–Crippen LogP) is 12.7. The lowest BCUT2D eigenvalue weighted by molar-refractivity contribution is -0.156. The standard InChI is InChI=1S/C27H43N3O8.C15H22O2.C12H19N3O2.C9H18O2.C6H11BrO2.CH4/c1-25(2,3)36-22(32)28-15-16-30(24(34)38-27(7,8)9)17-20(29-23(33)37-26(4,5)6)21(31)35-18-19-13-11-10-12-14-19;1-3-4-6-9-13(2)15(16)17-12-14-10-7-5-8-11-14;13-6-7-15-8-11(14)12(16)17-9-10-4-2-1-3-5-10;1-7(2)6-8(10)11-9(3,4)5;1-6(2,3)9-5(8)4-7;/h10-14,20H,15-18H2,1-9H3,(H,28,32)(H,29,33);5,7-8,10-11,13H,3-4,6,9,12H2,1-2H3;1-5,11,15H,6-9,13-14H2;7H,6H2,1-5H3;4H2,1-3H3;1H4/t20-;13-;11-;;;/m111.../s1. The zero-order valence-electron chi connectivity index (χ0n) is 58.6. The fourth-order valence-corrected chi connectivity index (χ4v) is 7.04. The molecule has 0 saturated carbocycles. The maximum Gasteiger partial charge on any atom is 0.410 e. The van der Waals surface area contributed by atoms with E-state index in [1.54, 1.807) is 74.4 Å². The number of alkyl halides is 1. The van der Waals surface area contributed by atoms with E-state index in [-0.39, 0.29) is 80.6 Å². The van der Waals surface area contributed by atoms with Crippen molar-refractivity contribution in [2.24, 2.45) is 23.3 Å². The van der Waals surface area contributed by atoms with Gasteiger partial charge >= 0.3 is 48.1 Å². The second kappa shape index (κ2) is 48.0. The summed E-state index contributed by atoms with van der Waals surface area (Å²) in [6.07, 6.45) is 2.68. The minimum atomic E-state index is -1.28. The number of carbonyl (C=O) groups is 8. The number of amides is 3. The molecule has 0 unspecified atom stereocenters. The van der Waals surface area contributed by atoms with Crippen LogP contribution in [-0.2, 0) is 81.7 Å². The lowest BCUT2D eigenvalue weighted by atomic mass is 10.0. The summed E-state index contributed by atoms with van der Waals surface area (Å²) in [6.45, 7) is 36.5. The molecule has 0 aliphatic heterocycles. The maximum absolute atomic E-state index is 13.0. The van der Waals surface area contributed by atoms with Crippen molar-refractivity contribution in [1.29, 1.82) is 0 Å². The van der Waals surface area contributed by atoms with Crippen LogP contribution in [0, 0.1) is 11.8 Å². The highest BCUT2D eigenvalue weighted by atomic mass is 79.9. The number of ether oxygens (including phenoxy) is 8. The Kier molecular flexibility index (Phi) is 46.6. The number of benzene rings is 3. The largest absolute Gasteiger partial charge is 0.461 e. The van der Waals surface area contributed by atoms with Gasteiger partial charge in [-0.05, 0) is 133 Å². The Bertz CT molecular complexity index is 2480. The Morgan fingerprint density at radius 1 is 0.538 bits per heavy atom. The highest BCUT2D eigenvalue weighted by Gasteiger charge is 2.32. The monoisotopic (exact) mass is 1380 g/mol. The van der Waals surface area contributed by atoms with Gasteiger partial charge in [-0.3, -0.25) is 19.2 Å². The van der Waals surface area contributed by atoms with Gasteiger partial charge in [0.1, 0.15) is 65.2 Å². The molecule has 3 rings (SSSR count). The fourth-order valence-electron chi connectivity index (χ4n) is 6.92. The van der Waals surface area contributed by atoms with Gasteiger partial charge in [0.25, 0.3) is 0 Å². The number of alkyl carbamates (subject to hydrolysis) is 2. The lowest BCUT2D eigenvalue weighted by Crippen LogP contribution is -2.53. The number of hydrogen-bond acceptors (Lipinski definition) is 19. The van der Waals surface area contributed by atoms with Crippen LogP contribution in [0.3, 0.4) is 0 Å². The minimum absolute atomic E-state index is 0. The molecule has 0 radical (unpaired) electrons. The average Bonchev–Trinajstić information content (AvgIpc) is 1.07. The first kappa shape index (κ1) is 90.4. The van der Waals surface area contributed by atoms with E-state index < -0.39 is 59.1 Å². The molecule has 0 aliphatic carbocycles. The second-order valence-corrected chi connectivity index (χ2v) is 27.3. The SMILES string of the molecule is C.CC(C)(C)OC(=O)CBr.CC(C)(C)OC(=O)NCCN(C[C@@H](NC(=O)OC(C)(C)C)C(=O)OCc1ccccc1)C(=O)OC(C)(C)C.CC(C)CC(=O)OC(C)(C)C.CCCCC[C@@H](C)C(=O)OCc1ccccc1.NCCNC[C@@H](N)C(=O)OCc1ccccc1. The molecule has 0 aromatic heterocycles. The molecule has 22 nitrogen and oxygen atoms in total. The number of nitrogens with zero attached hydrogens (tertiary/aromatic N) is 1. The van der Waals surface area contributed by atoms with Gasteiger partial charge in [-0.15, -0.1) is 0 Å². The summed E-state index contributed by atoms with van der Waals surface area (Å²) in [7, 11) is 0. The van der Waals surface area contributed by atoms with Crippen LogP contribution in [-0.4, -0.2) is 138 Å². The first-order chi connectivity index (χ1) is 42.6. The normalized spacial score (nSPS) is 12.0. The van der Waals surface area contributed by atoms with Crippen LogP contribution in [0.2, 0.25) is 0 Å². The van der Waals surface area contributed by atoms with Gasteiger partial charge < -0.3 is 70.2 Å². The molecule has 0 heterocycles. The molecule has 0 spiro atoms. The average molecular weight is 1380 g/mol. The second-order valence-electron chi connectivity index (χ2n) is 26.7. The number of carbonyl (C=O) groups excluding carboxylic acids is 8. The highest BCUT2D eigenvalue weighted by Crippen LogP contribution is 2.16. The summed E-state index contributed by atoms with van der Waals surface area (Å²) in [4.78, 5) is 96.6. The van der Waals surface area contributed by atoms with Crippen molar-refractivity contribution >= 4 is 64.1 Å². The number of hydrogen-bond donors (Lipinski definition) is 5. The van der Waals surface area contributed by atoms with Crippen molar-refractivity contribution in [3.05, 3.63) is 108 Å². The van der Waals surface area contributed by atoms with E-state index in [1.807, 2.05) is 141 Å². The molecule has 0 saturated heterocycles. The molecule has 3 aromatic carbocycles. The van der Waals surface area contributed by atoms with E-state index >= 15 is 0 Å². The van der Waals surface area contributed by atoms with Crippen LogP contribution in [0.5, 0.6) is 0 Å². The molecule has 23 heteroatoms. The van der Waals surface area contributed by atoms with Crippen LogP contribution in [0.1, 0.15) is 188 Å². The third kappa shape index (κ3) is 55.4. The van der Waals surface area contributed by atoms with Crippen molar-refractivity contribution in [3.63, 3.8) is 0 Å². The Labute approximate surface area is 565 Å². The van der Waals surface area contributed by atoms with Crippen molar-refractivity contribution in [3.8, 4) is 0 Å².